The second kappa shape index (κ2) is 5.47. The van der Waals surface area contributed by atoms with Crippen molar-refractivity contribution in [3.63, 3.8) is 0 Å². The second-order valence-corrected chi connectivity index (χ2v) is 5.22. The molecule has 102 valence electrons. The van der Waals surface area contributed by atoms with Crippen LogP contribution in [0.2, 0.25) is 0 Å². The third-order valence-electron chi connectivity index (χ3n) is 3.36. The highest BCUT2D eigenvalue weighted by molar-refractivity contribution is 6.10. The Bertz CT molecular complexity index is 583. The average Bonchev–Trinajstić information content (AvgIpc) is 2.81. The standard InChI is InChI=1S/C16H21NO2/c1-5-11(4)16(18)12-9-17-13-7-6-8-14(15(12)13)19-10(2)3/h6-11,17H,5H2,1-4H3. The number of carbonyl (C=O) groups is 1. The summed E-state index contributed by atoms with van der Waals surface area (Å²) in [4.78, 5) is 15.6. The van der Waals surface area contributed by atoms with Crippen molar-refractivity contribution in [1.29, 1.82) is 0 Å². The largest absolute Gasteiger partial charge is 0.490 e. The smallest absolute Gasteiger partial charge is 0.167 e. The Morgan fingerprint density at radius 2 is 2.05 bits per heavy atom. The van der Waals surface area contributed by atoms with E-state index in [9.17, 15) is 4.79 Å². The van der Waals surface area contributed by atoms with Crippen molar-refractivity contribution in [3.05, 3.63) is 30.0 Å². The first-order chi connectivity index (χ1) is 9.04. The highest BCUT2D eigenvalue weighted by atomic mass is 16.5. The second-order valence-electron chi connectivity index (χ2n) is 5.22. The highest BCUT2D eigenvalue weighted by Gasteiger charge is 2.20. The maximum absolute atomic E-state index is 12.4. The Hall–Kier alpha value is -1.77. The predicted molar refractivity (Wildman–Crippen MR) is 77.8 cm³/mol. The van der Waals surface area contributed by atoms with Crippen LogP contribution in [0.25, 0.3) is 10.9 Å². The molecule has 1 heterocycles. The molecule has 0 bridgehead atoms. The van der Waals surface area contributed by atoms with Gasteiger partial charge in [-0.15, -0.1) is 0 Å². The molecule has 0 fully saturated rings. The summed E-state index contributed by atoms with van der Waals surface area (Å²) in [6.07, 6.45) is 2.73. The number of aromatic nitrogens is 1. The minimum Gasteiger partial charge on any atom is -0.490 e. The van der Waals surface area contributed by atoms with Crippen molar-refractivity contribution in [2.24, 2.45) is 5.92 Å². The number of hydrogen-bond donors (Lipinski definition) is 1. The maximum atomic E-state index is 12.4. The minimum atomic E-state index is 0.0334. The third-order valence-corrected chi connectivity index (χ3v) is 3.36. The molecular formula is C16H21NO2. The van der Waals surface area contributed by atoms with E-state index in [0.717, 1.165) is 28.6 Å². The van der Waals surface area contributed by atoms with Gasteiger partial charge in [-0.1, -0.05) is 19.9 Å². The zero-order valence-electron chi connectivity index (χ0n) is 12.0. The summed E-state index contributed by atoms with van der Waals surface area (Å²) >= 11 is 0. The van der Waals surface area contributed by atoms with Crippen LogP contribution in [0.1, 0.15) is 44.5 Å². The van der Waals surface area contributed by atoms with E-state index >= 15 is 0 Å². The van der Waals surface area contributed by atoms with Gasteiger partial charge >= 0.3 is 0 Å². The van der Waals surface area contributed by atoms with Crippen LogP contribution in [0.15, 0.2) is 24.4 Å². The van der Waals surface area contributed by atoms with E-state index in [1.807, 2.05) is 45.9 Å². The number of nitrogens with one attached hydrogen (secondary N) is 1. The number of hydrogen-bond acceptors (Lipinski definition) is 2. The lowest BCUT2D eigenvalue weighted by molar-refractivity contribution is 0.0928. The molecular weight excluding hydrogens is 238 g/mol. The van der Waals surface area contributed by atoms with E-state index in [1.165, 1.54) is 0 Å². The molecule has 0 aliphatic rings. The van der Waals surface area contributed by atoms with Crippen molar-refractivity contribution >= 4 is 16.7 Å². The summed E-state index contributed by atoms with van der Waals surface area (Å²) in [7, 11) is 0. The van der Waals surface area contributed by atoms with E-state index in [1.54, 1.807) is 6.20 Å². The summed E-state index contributed by atoms with van der Waals surface area (Å²) in [6.45, 7) is 7.97. The lowest BCUT2D eigenvalue weighted by atomic mass is 9.96. The fraction of sp³-hybridized carbons (Fsp3) is 0.438. The Balaban J connectivity index is 2.53. The topological polar surface area (TPSA) is 42.1 Å². The summed E-state index contributed by atoms with van der Waals surface area (Å²) in [5.74, 6) is 0.986. The first-order valence-electron chi connectivity index (χ1n) is 6.85. The van der Waals surface area contributed by atoms with Crippen molar-refractivity contribution in [3.8, 4) is 5.75 Å². The monoisotopic (exact) mass is 259 g/mol. The van der Waals surface area contributed by atoms with Gasteiger partial charge in [0.05, 0.1) is 11.5 Å². The van der Waals surface area contributed by atoms with Gasteiger partial charge < -0.3 is 9.72 Å². The van der Waals surface area contributed by atoms with Crippen LogP contribution >= 0.6 is 0 Å². The van der Waals surface area contributed by atoms with Crippen molar-refractivity contribution < 1.29 is 9.53 Å². The van der Waals surface area contributed by atoms with Crippen LogP contribution < -0.4 is 4.74 Å². The van der Waals surface area contributed by atoms with Crippen LogP contribution in [-0.2, 0) is 0 Å². The zero-order chi connectivity index (χ0) is 14.0. The van der Waals surface area contributed by atoms with E-state index in [4.69, 9.17) is 4.74 Å². The first kappa shape index (κ1) is 13.7. The quantitative estimate of drug-likeness (QED) is 0.818. The van der Waals surface area contributed by atoms with Crippen LogP contribution in [0.5, 0.6) is 5.75 Å². The molecule has 0 spiro atoms. The molecule has 0 amide bonds. The van der Waals surface area contributed by atoms with Crippen LogP contribution in [0.4, 0.5) is 0 Å². The molecule has 3 heteroatoms. The van der Waals surface area contributed by atoms with Gasteiger partial charge in [0.1, 0.15) is 5.75 Å². The Labute approximate surface area is 114 Å². The molecule has 1 N–H and O–H groups in total. The number of H-pyrrole nitrogens is 1. The zero-order valence-corrected chi connectivity index (χ0v) is 12.0. The fourth-order valence-electron chi connectivity index (χ4n) is 2.15. The maximum Gasteiger partial charge on any atom is 0.167 e. The molecule has 3 nitrogen and oxygen atoms in total. The number of rotatable bonds is 5. The van der Waals surface area contributed by atoms with Gasteiger partial charge in [0.25, 0.3) is 0 Å². The number of fused-ring (bicyclic) bond motifs is 1. The average molecular weight is 259 g/mol. The molecule has 1 aromatic heterocycles. The number of benzene rings is 1. The van der Waals surface area contributed by atoms with E-state index in [2.05, 4.69) is 4.98 Å². The molecule has 0 radical (unpaired) electrons. The molecule has 0 saturated heterocycles. The van der Waals surface area contributed by atoms with Crippen molar-refractivity contribution in [2.75, 3.05) is 0 Å². The lowest BCUT2D eigenvalue weighted by Gasteiger charge is -2.12. The number of Topliss-reactive ketones (excluding diaryl/α,β-unsaturated/α-hetero) is 1. The summed E-state index contributed by atoms with van der Waals surface area (Å²) < 4.78 is 5.82. The SMILES string of the molecule is CCC(C)C(=O)c1c[nH]c2cccc(OC(C)C)c12. The number of ketones is 1. The van der Waals surface area contributed by atoms with Gasteiger partial charge in [-0.3, -0.25) is 4.79 Å². The fourth-order valence-corrected chi connectivity index (χ4v) is 2.15. The number of ether oxygens (including phenoxy) is 1. The minimum absolute atomic E-state index is 0.0334. The van der Waals surface area contributed by atoms with E-state index in [-0.39, 0.29) is 17.8 Å². The Morgan fingerprint density at radius 1 is 1.32 bits per heavy atom. The molecule has 1 aromatic carbocycles. The summed E-state index contributed by atoms with van der Waals surface area (Å²) in [5.41, 5.74) is 1.69. The molecule has 1 atom stereocenters. The van der Waals surface area contributed by atoms with Crippen LogP contribution in [-0.4, -0.2) is 16.9 Å². The summed E-state index contributed by atoms with van der Waals surface area (Å²) in [6, 6.07) is 5.83. The number of carbonyl (C=O) groups excluding carboxylic acids is 1. The molecule has 0 saturated carbocycles. The lowest BCUT2D eigenvalue weighted by Crippen LogP contribution is -2.11. The predicted octanol–water partition coefficient (Wildman–Crippen LogP) is 4.18. The van der Waals surface area contributed by atoms with Crippen molar-refractivity contribution in [2.45, 2.75) is 40.2 Å². The first-order valence-corrected chi connectivity index (χ1v) is 6.85. The van der Waals surface area contributed by atoms with Gasteiger partial charge in [0, 0.05) is 23.2 Å². The number of aromatic amines is 1. The van der Waals surface area contributed by atoms with Crippen LogP contribution in [0, 0.1) is 5.92 Å². The van der Waals surface area contributed by atoms with Crippen molar-refractivity contribution in [1.82, 2.24) is 4.98 Å². The van der Waals surface area contributed by atoms with Gasteiger partial charge in [0.15, 0.2) is 5.78 Å². The third kappa shape index (κ3) is 2.65. The van der Waals surface area contributed by atoms with Gasteiger partial charge in [-0.25, -0.2) is 0 Å². The highest BCUT2D eigenvalue weighted by Crippen LogP contribution is 2.31. The normalized spacial score (nSPS) is 12.9. The molecule has 2 aromatic rings. The molecule has 2 rings (SSSR count). The molecule has 0 aliphatic heterocycles. The Morgan fingerprint density at radius 3 is 2.68 bits per heavy atom. The molecule has 0 aliphatic carbocycles. The van der Waals surface area contributed by atoms with Crippen LogP contribution in [0.3, 0.4) is 0 Å². The van der Waals surface area contributed by atoms with Gasteiger partial charge in [-0.05, 0) is 32.4 Å². The summed E-state index contributed by atoms with van der Waals surface area (Å²) in [5, 5.41) is 0.904. The van der Waals surface area contributed by atoms with E-state index < -0.39 is 0 Å². The van der Waals surface area contributed by atoms with Gasteiger partial charge in [-0.2, -0.15) is 0 Å². The Kier molecular flexibility index (Phi) is 3.93. The van der Waals surface area contributed by atoms with E-state index in [0.29, 0.717) is 0 Å². The molecule has 1 unspecified atom stereocenters. The van der Waals surface area contributed by atoms with Gasteiger partial charge in [0.2, 0.25) is 0 Å². The molecule has 19 heavy (non-hydrogen) atoms.